The molecule has 1 saturated carbocycles. The summed E-state index contributed by atoms with van der Waals surface area (Å²) in [4.78, 5) is 24.4. The van der Waals surface area contributed by atoms with Gasteiger partial charge in [-0.05, 0) is 61.4 Å². The third-order valence-corrected chi connectivity index (χ3v) is 4.57. The van der Waals surface area contributed by atoms with Gasteiger partial charge in [-0.3, -0.25) is 9.59 Å². The highest BCUT2D eigenvalue weighted by Crippen LogP contribution is 2.29. The molecule has 2 aromatic rings. The highest BCUT2D eigenvalue weighted by Gasteiger charge is 2.30. The molecule has 27 heavy (non-hydrogen) atoms. The lowest BCUT2D eigenvalue weighted by Crippen LogP contribution is -2.32. The Hall–Kier alpha value is -2.83. The Labute approximate surface area is 154 Å². The van der Waals surface area contributed by atoms with Gasteiger partial charge in [-0.2, -0.15) is 13.2 Å². The van der Waals surface area contributed by atoms with Crippen molar-refractivity contribution in [2.75, 3.05) is 5.32 Å². The maximum atomic E-state index is 12.6. The van der Waals surface area contributed by atoms with E-state index in [2.05, 4.69) is 10.6 Å². The van der Waals surface area contributed by atoms with Crippen molar-refractivity contribution in [2.24, 2.45) is 0 Å². The largest absolute Gasteiger partial charge is 0.416 e. The lowest BCUT2D eigenvalue weighted by atomic mass is 10.1. The lowest BCUT2D eigenvalue weighted by molar-refractivity contribution is -0.137. The van der Waals surface area contributed by atoms with Gasteiger partial charge in [0.2, 0.25) is 0 Å². The molecule has 142 valence electrons. The fraction of sp³-hybridized carbons (Fsp3) is 0.300. The van der Waals surface area contributed by atoms with Crippen LogP contribution >= 0.6 is 0 Å². The first kappa shape index (κ1) is 18.9. The second-order valence-corrected chi connectivity index (χ2v) is 6.56. The van der Waals surface area contributed by atoms with E-state index in [4.69, 9.17) is 0 Å². The average Bonchev–Trinajstić information content (AvgIpc) is 3.14. The quantitative estimate of drug-likeness (QED) is 0.817. The number of carbonyl (C=O) groups excluding carboxylic acids is 2. The predicted octanol–water partition coefficient (Wildman–Crippen LogP) is 4.63. The predicted molar refractivity (Wildman–Crippen MR) is 95.6 cm³/mol. The summed E-state index contributed by atoms with van der Waals surface area (Å²) < 4.78 is 37.7. The van der Waals surface area contributed by atoms with Gasteiger partial charge in [-0.25, -0.2) is 0 Å². The van der Waals surface area contributed by atoms with Crippen molar-refractivity contribution in [1.82, 2.24) is 5.32 Å². The molecule has 0 aliphatic heterocycles. The third kappa shape index (κ3) is 4.87. The van der Waals surface area contributed by atoms with Crippen LogP contribution in [0.25, 0.3) is 0 Å². The molecule has 2 N–H and O–H groups in total. The minimum Gasteiger partial charge on any atom is -0.349 e. The summed E-state index contributed by atoms with van der Waals surface area (Å²) in [6.07, 6.45) is -0.210. The van der Waals surface area contributed by atoms with Crippen LogP contribution in [0.1, 0.15) is 52.0 Å². The summed E-state index contributed by atoms with van der Waals surface area (Å²) in [6.45, 7) is 0. The molecule has 0 atom stereocenters. The molecule has 4 nitrogen and oxygen atoms in total. The van der Waals surface area contributed by atoms with E-state index >= 15 is 0 Å². The number of anilines is 1. The van der Waals surface area contributed by atoms with Crippen LogP contribution in [-0.2, 0) is 6.18 Å². The molecule has 0 heterocycles. The van der Waals surface area contributed by atoms with E-state index in [1.807, 2.05) is 0 Å². The molecule has 3 rings (SSSR count). The Morgan fingerprint density at radius 1 is 0.815 bits per heavy atom. The van der Waals surface area contributed by atoms with Crippen molar-refractivity contribution < 1.29 is 22.8 Å². The second-order valence-electron chi connectivity index (χ2n) is 6.56. The molecule has 0 bridgehead atoms. The van der Waals surface area contributed by atoms with Crippen molar-refractivity contribution in [3.63, 3.8) is 0 Å². The first-order valence-electron chi connectivity index (χ1n) is 8.72. The minimum absolute atomic E-state index is 0.170. The first-order valence-corrected chi connectivity index (χ1v) is 8.72. The molecular weight excluding hydrogens is 357 g/mol. The zero-order chi connectivity index (χ0) is 19.4. The molecule has 0 saturated heterocycles. The third-order valence-electron chi connectivity index (χ3n) is 4.57. The van der Waals surface area contributed by atoms with Crippen molar-refractivity contribution in [1.29, 1.82) is 0 Å². The van der Waals surface area contributed by atoms with E-state index < -0.39 is 17.6 Å². The zero-order valence-electron chi connectivity index (χ0n) is 14.5. The highest BCUT2D eigenvalue weighted by atomic mass is 19.4. The van der Waals surface area contributed by atoms with Crippen LogP contribution in [0, 0.1) is 0 Å². The fourth-order valence-corrected chi connectivity index (χ4v) is 3.06. The van der Waals surface area contributed by atoms with Crippen LogP contribution in [0.3, 0.4) is 0 Å². The Bertz CT molecular complexity index is 809. The molecule has 2 aromatic carbocycles. The Morgan fingerprint density at radius 3 is 1.85 bits per heavy atom. The molecule has 0 radical (unpaired) electrons. The van der Waals surface area contributed by atoms with Crippen molar-refractivity contribution >= 4 is 17.5 Å². The summed E-state index contributed by atoms with van der Waals surface area (Å²) >= 11 is 0. The number of carbonyl (C=O) groups is 2. The maximum absolute atomic E-state index is 12.6. The van der Waals surface area contributed by atoms with Crippen molar-refractivity contribution in [3.8, 4) is 0 Å². The molecule has 1 aliphatic rings. The molecular formula is C20H19F3N2O2. The van der Waals surface area contributed by atoms with Crippen molar-refractivity contribution in [3.05, 3.63) is 65.2 Å². The van der Waals surface area contributed by atoms with Gasteiger partial charge >= 0.3 is 6.18 Å². The van der Waals surface area contributed by atoms with Gasteiger partial charge in [-0.15, -0.1) is 0 Å². The summed E-state index contributed by atoms with van der Waals surface area (Å²) in [5.74, 6) is -0.630. The van der Waals surface area contributed by atoms with E-state index in [0.29, 0.717) is 11.1 Å². The summed E-state index contributed by atoms with van der Waals surface area (Å²) in [5, 5.41) is 5.51. The van der Waals surface area contributed by atoms with Gasteiger partial charge in [0.15, 0.2) is 0 Å². The van der Waals surface area contributed by atoms with E-state index in [0.717, 1.165) is 37.8 Å². The smallest absolute Gasteiger partial charge is 0.349 e. The number of benzene rings is 2. The molecule has 1 aliphatic carbocycles. The summed E-state index contributed by atoms with van der Waals surface area (Å²) in [7, 11) is 0. The van der Waals surface area contributed by atoms with Crippen LogP contribution < -0.4 is 10.6 Å². The van der Waals surface area contributed by atoms with E-state index in [1.54, 1.807) is 12.1 Å². The van der Waals surface area contributed by atoms with Crippen molar-refractivity contribution in [2.45, 2.75) is 37.9 Å². The van der Waals surface area contributed by atoms with E-state index in [-0.39, 0.29) is 17.6 Å². The first-order chi connectivity index (χ1) is 12.8. The molecule has 2 amide bonds. The number of hydrogen-bond acceptors (Lipinski definition) is 2. The summed E-state index contributed by atoms with van der Waals surface area (Å²) in [6, 6.07) is 10.6. The van der Waals surface area contributed by atoms with Crippen LogP contribution in [0.5, 0.6) is 0 Å². The fourth-order valence-electron chi connectivity index (χ4n) is 3.06. The van der Waals surface area contributed by atoms with Gasteiger partial charge < -0.3 is 10.6 Å². The molecule has 7 heteroatoms. The van der Waals surface area contributed by atoms with Crippen LogP contribution in [0.15, 0.2) is 48.5 Å². The maximum Gasteiger partial charge on any atom is 0.416 e. The standard InChI is InChI=1S/C20H19F3N2O2/c21-20(22,23)15-9-11-17(12-10-15)25-19(27)14-7-5-13(6-8-14)18(26)24-16-3-1-2-4-16/h5-12,16H,1-4H2,(H,24,26)(H,25,27). The van der Waals surface area contributed by atoms with E-state index in [1.165, 1.54) is 24.3 Å². The van der Waals surface area contributed by atoms with Crippen LogP contribution in [0.4, 0.5) is 18.9 Å². The topological polar surface area (TPSA) is 58.2 Å². The number of amides is 2. The molecule has 1 fully saturated rings. The van der Waals surface area contributed by atoms with Gasteiger partial charge in [0, 0.05) is 22.9 Å². The number of rotatable bonds is 4. The second kappa shape index (κ2) is 7.82. The van der Waals surface area contributed by atoms with Gasteiger partial charge in [0.1, 0.15) is 0 Å². The Kier molecular flexibility index (Phi) is 5.48. The molecule has 0 aromatic heterocycles. The van der Waals surface area contributed by atoms with Gasteiger partial charge in [-0.1, -0.05) is 12.8 Å². The van der Waals surface area contributed by atoms with Crippen LogP contribution in [-0.4, -0.2) is 17.9 Å². The number of hydrogen-bond donors (Lipinski definition) is 2. The molecule has 0 unspecified atom stereocenters. The summed E-state index contributed by atoms with van der Waals surface area (Å²) in [5.41, 5.74) is 0.259. The number of alkyl halides is 3. The average molecular weight is 376 g/mol. The number of halogens is 3. The van der Waals surface area contributed by atoms with Crippen LogP contribution in [0.2, 0.25) is 0 Å². The number of nitrogens with one attached hydrogen (secondary N) is 2. The Morgan fingerprint density at radius 2 is 1.33 bits per heavy atom. The zero-order valence-corrected chi connectivity index (χ0v) is 14.5. The van der Waals surface area contributed by atoms with E-state index in [9.17, 15) is 22.8 Å². The molecule has 0 spiro atoms. The highest BCUT2D eigenvalue weighted by molar-refractivity contribution is 6.05. The Balaban J connectivity index is 1.61. The normalized spacial score (nSPS) is 14.8. The van der Waals surface area contributed by atoms with Gasteiger partial charge in [0.05, 0.1) is 5.56 Å². The van der Waals surface area contributed by atoms with Gasteiger partial charge in [0.25, 0.3) is 11.8 Å². The minimum atomic E-state index is -4.42. The lowest BCUT2D eigenvalue weighted by Gasteiger charge is -2.12. The monoisotopic (exact) mass is 376 g/mol. The SMILES string of the molecule is O=C(Nc1ccc(C(F)(F)F)cc1)c1ccc(C(=O)NC2CCCC2)cc1.